The van der Waals surface area contributed by atoms with Crippen molar-refractivity contribution in [1.29, 1.82) is 0 Å². The number of rotatable bonds is 5. The van der Waals surface area contributed by atoms with E-state index < -0.39 is 33.0 Å². The van der Waals surface area contributed by atoms with E-state index in [0.717, 1.165) is 12.1 Å². The van der Waals surface area contributed by atoms with E-state index in [4.69, 9.17) is 0 Å². The van der Waals surface area contributed by atoms with Crippen molar-refractivity contribution >= 4 is 23.2 Å². The van der Waals surface area contributed by atoms with Crippen molar-refractivity contribution in [1.82, 2.24) is 5.32 Å². The smallest absolute Gasteiger partial charge is 0.279 e. The van der Waals surface area contributed by atoms with Gasteiger partial charge in [0, 0.05) is 18.1 Å². The van der Waals surface area contributed by atoms with Gasteiger partial charge >= 0.3 is 0 Å². The summed E-state index contributed by atoms with van der Waals surface area (Å²) in [5.41, 5.74) is -1.43. The van der Waals surface area contributed by atoms with Gasteiger partial charge in [-0.1, -0.05) is 6.92 Å². The minimum Gasteiger partial charge on any atom is -0.292 e. The molecule has 0 saturated heterocycles. The molecule has 0 aliphatic heterocycles. The first kappa shape index (κ1) is 16.2. The van der Waals surface area contributed by atoms with Crippen molar-refractivity contribution < 1.29 is 19.4 Å². The second-order valence-corrected chi connectivity index (χ2v) is 4.28. The lowest BCUT2D eigenvalue weighted by molar-refractivity contribution is -0.394. The van der Waals surface area contributed by atoms with E-state index in [-0.39, 0.29) is 17.5 Å². The van der Waals surface area contributed by atoms with Crippen molar-refractivity contribution in [3.05, 3.63) is 43.5 Å². The molecule has 21 heavy (non-hydrogen) atoms. The molecular formula is C12H13N3O6. The molecule has 1 N–H and O–H groups in total. The molecule has 1 aromatic carbocycles. The Labute approximate surface area is 119 Å². The number of carbonyl (C=O) groups is 2. The Morgan fingerprint density at radius 1 is 1.19 bits per heavy atom. The van der Waals surface area contributed by atoms with Crippen LogP contribution in [0.5, 0.6) is 0 Å². The number of nitrogens with one attached hydrogen (secondary N) is 1. The van der Waals surface area contributed by atoms with Crippen LogP contribution in [0.1, 0.15) is 35.7 Å². The zero-order valence-electron chi connectivity index (χ0n) is 11.4. The van der Waals surface area contributed by atoms with Gasteiger partial charge in [-0.25, -0.2) is 0 Å². The number of non-ortho nitro benzene ring substituents is 1. The van der Waals surface area contributed by atoms with Crippen molar-refractivity contribution in [3.8, 4) is 0 Å². The topological polar surface area (TPSA) is 132 Å². The molecule has 1 aromatic rings. The van der Waals surface area contributed by atoms with Gasteiger partial charge in [-0.2, -0.15) is 0 Å². The molecule has 1 rings (SSSR count). The fourth-order valence-electron chi connectivity index (χ4n) is 1.70. The average Bonchev–Trinajstić information content (AvgIpc) is 2.38. The van der Waals surface area contributed by atoms with Crippen LogP contribution in [0.25, 0.3) is 0 Å². The Kier molecular flexibility index (Phi) is 5.06. The summed E-state index contributed by atoms with van der Waals surface area (Å²) in [4.78, 5) is 43.3. The Morgan fingerprint density at radius 3 is 2.29 bits per heavy atom. The van der Waals surface area contributed by atoms with Gasteiger partial charge in [-0.3, -0.25) is 35.1 Å². The van der Waals surface area contributed by atoms with Crippen LogP contribution >= 0.6 is 0 Å². The number of nitrogens with zero attached hydrogens (tertiary/aromatic N) is 2. The van der Waals surface area contributed by atoms with Crippen LogP contribution in [0, 0.1) is 27.2 Å². The van der Waals surface area contributed by atoms with Crippen LogP contribution in [0.3, 0.4) is 0 Å². The molecule has 112 valence electrons. The number of amides is 2. The first-order chi connectivity index (χ1) is 9.77. The maximum atomic E-state index is 11.9. The third-order valence-electron chi connectivity index (χ3n) is 2.75. The maximum Gasteiger partial charge on any atom is 0.279 e. The first-order valence-electron chi connectivity index (χ1n) is 6.05. The summed E-state index contributed by atoms with van der Waals surface area (Å²) < 4.78 is 0. The Hall–Kier alpha value is -2.84. The number of carbonyl (C=O) groups excluding carboxylic acids is 2. The molecule has 0 aliphatic rings. The second kappa shape index (κ2) is 6.55. The maximum absolute atomic E-state index is 11.9. The van der Waals surface area contributed by atoms with E-state index in [1.807, 2.05) is 5.32 Å². The van der Waals surface area contributed by atoms with Crippen LogP contribution in [-0.4, -0.2) is 21.7 Å². The highest BCUT2D eigenvalue weighted by Gasteiger charge is 2.25. The van der Waals surface area contributed by atoms with Crippen LogP contribution in [0.4, 0.5) is 11.4 Å². The Balaban J connectivity index is 3.27. The number of nitro benzene ring substituents is 2. The lowest BCUT2D eigenvalue weighted by Crippen LogP contribution is -2.30. The van der Waals surface area contributed by atoms with Gasteiger partial charge in [0.25, 0.3) is 17.3 Å². The van der Waals surface area contributed by atoms with E-state index in [1.54, 1.807) is 6.92 Å². The predicted molar refractivity (Wildman–Crippen MR) is 71.9 cm³/mol. The molecule has 0 saturated carbocycles. The van der Waals surface area contributed by atoms with Gasteiger partial charge in [-0.05, 0) is 13.3 Å². The molecule has 0 aliphatic carbocycles. The van der Waals surface area contributed by atoms with Crippen LogP contribution in [0.2, 0.25) is 0 Å². The zero-order valence-corrected chi connectivity index (χ0v) is 11.4. The minimum absolute atomic E-state index is 0.0348. The zero-order chi connectivity index (χ0) is 16.2. The fraction of sp³-hybridized carbons (Fsp3) is 0.333. The summed E-state index contributed by atoms with van der Waals surface area (Å²) in [6.45, 7) is 3.04. The molecule has 2 amide bonds. The van der Waals surface area contributed by atoms with Gasteiger partial charge in [-0.15, -0.1) is 0 Å². The van der Waals surface area contributed by atoms with Crippen LogP contribution < -0.4 is 5.32 Å². The van der Waals surface area contributed by atoms with Crippen molar-refractivity contribution in [2.45, 2.75) is 26.7 Å². The molecule has 9 heteroatoms. The van der Waals surface area contributed by atoms with Crippen LogP contribution in [0.15, 0.2) is 12.1 Å². The second-order valence-electron chi connectivity index (χ2n) is 4.28. The summed E-state index contributed by atoms with van der Waals surface area (Å²) in [5, 5.41) is 23.7. The number of hydrogen-bond donors (Lipinski definition) is 1. The van der Waals surface area contributed by atoms with Crippen molar-refractivity contribution in [2.24, 2.45) is 0 Å². The highest BCUT2D eigenvalue weighted by Crippen LogP contribution is 2.27. The van der Waals surface area contributed by atoms with Gasteiger partial charge in [0.05, 0.1) is 21.5 Å². The summed E-state index contributed by atoms with van der Waals surface area (Å²) in [5.74, 6) is -1.44. The van der Waals surface area contributed by atoms with Gasteiger partial charge in [0.2, 0.25) is 5.91 Å². The molecular weight excluding hydrogens is 282 g/mol. The molecule has 0 bridgehead atoms. The monoisotopic (exact) mass is 295 g/mol. The lowest BCUT2D eigenvalue weighted by Gasteiger charge is -2.07. The molecule has 9 nitrogen and oxygen atoms in total. The van der Waals surface area contributed by atoms with E-state index in [9.17, 15) is 29.8 Å². The summed E-state index contributed by atoms with van der Waals surface area (Å²) in [7, 11) is 0. The van der Waals surface area contributed by atoms with E-state index in [2.05, 4.69) is 0 Å². The quantitative estimate of drug-likeness (QED) is 0.651. The summed E-state index contributed by atoms with van der Waals surface area (Å²) in [6.07, 6.45) is 0.634. The Morgan fingerprint density at radius 2 is 1.81 bits per heavy atom. The predicted octanol–water partition coefficient (Wildman–Crippen LogP) is 1.87. The highest BCUT2D eigenvalue weighted by atomic mass is 16.6. The minimum atomic E-state index is -0.891. The molecule has 0 fully saturated rings. The normalized spacial score (nSPS) is 10.0. The van der Waals surface area contributed by atoms with Crippen molar-refractivity contribution in [2.75, 3.05) is 0 Å². The van der Waals surface area contributed by atoms with E-state index >= 15 is 0 Å². The molecule has 0 radical (unpaired) electrons. The average molecular weight is 295 g/mol. The standard InChI is InChI=1S/C12H13N3O6/c1-3-4-11(16)13-12(17)9-5-8(14(18)19)6-10(7(9)2)15(20)21/h5-6H,3-4H2,1-2H3,(H,13,16,17). The molecule has 0 unspecified atom stereocenters. The van der Waals surface area contributed by atoms with E-state index in [1.165, 1.54) is 6.92 Å². The lowest BCUT2D eigenvalue weighted by atomic mass is 10.0. The fourth-order valence-corrected chi connectivity index (χ4v) is 1.70. The number of nitro groups is 2. The molecule has 0 atom stereocenters. The third-order valence-corrected chi connectivity index (χ3v) is 2.75. The first-order valence-corrected chi connectivity index (χ1v) is 6.05. The van der Waals surface area contributed by atoms with Gasteiger partial charge < -0.3 is 0 Å². The van der Waals surface area contributed by atoms with Crippen molar-refractivity contribution in [3.63, 3.8) is 0 Å². The molecule has 0 aromatic heterocycles. The summed E-state index contributed by atoms with van der Waals surface area (Å²) in [6, 6.07) is 1.69. The Bertz CT molecular complexity index is 626. The van der Waals surface area contributed by atoms with Gasteiger partial charge in [0.1, 0.15) is 0 Å². The summed E-state index contributed by atoms with van der Waals surface area (Å²) >= 11 is 0. The van der Waals surface area contributed by atoms with Crippen LogP contribution in [-0.2, 0) is 4.79 Å². The molecule has 0 spiro atoms. The number of hydrogen-bond acceptors (Lipinski definition) is 6. The largest absolute Gasteiger partial charge is 0.292 e. The number of benzene rings is 1. The number of imide groups is 1. The highest BCUT2D eigenvalue weighted by molar-refractivity contribution is 6.06. The third kappa shape index (κ3) is 3.81. The van der Waals surface area contributed by atoms with E-state index in [0.29, 0.717) is 6.42 Å². The van der Waals surface area contributed by atoms with Gasteiger partial charge in [0.15, 0.2) is 0 Å². The molecule has 0 heterocycles. The SMILES string of the molecule is CCCC(=O)NC(=O)c1cc([N+](=O)[O-])cc([N+](=O)[O-])c1C.